The fraction of sp³-hybridized carbons (Fsp3) is 0.200. The minimum absolute atomic E-state index is 0.102. The number of aryl methyl sites for hydroxylation is 2. The summed E-state index contributed by atoms with van der Waals surface area (Å²) in [7, 11) is 3.46. The molecule has 1 amide bonds. The Labute approximate surface area is 170 Å². The number of fused-ring (bicyclic) bond motifs is 1. The number of aromatic nitrogens is 5. The van der Waals surface area contributed by atoms with Gasteiger partial charge in [0.05, 0.1) is 17.3 Å². The van der Waals surface area contributed by atoms with Crippen LogP contribution in [0, 0.1) is 11.6 Å². The summed E-state index contributed by atoms with van der Waals surface area (Å²) in [5.74, 6) is -2.20. The highest BCUT2D eigenvalue weighted by Gasteiger charge is 2.21. The number of nitrogens with one attached hydrogen (secondary N) is 2. The highest BCUT2D eigenvalue weighted by Crippen LogP contribution is 2.27. The molecule has 0 aliphatic carbocycles. The fourth-order valence-electron chi connectivity index (χ4n) is 3.15. The molecule has 8 nitrogen and oxygen atoms in total. The maximum Gasteiger partial charge on any atom is 0.251 e. The van der Waals surface area contributed by atoms with E-state index in [0.29, 0.717) is 12.5 Å². The van der Waals surface area contributed by atoms with Crippen LogP contribution in [0.5, 0.6) is 0 Å². The van der Waals surface area contributed by atoms with Crippen molar-refractivity contribution >= 4 is 28.4 Å². The number of halogens is 2. The number of anilines is 2. The topological polar surface area (TPSA) is 89.7 Å². The van der Waals surface area contributed by atoms with E-state index in [9.17, 15) is 13.6 Å². The average Bonchev–Trinajstić information content (AvgIpc) is 3.24. The van der Waals surface area contributed by atoms with Crippen LogP contribution in [-0.2, 0) is 14.1 Å². The molecular weight excluding hydrogens is 392 g/mol. The van der Waals surface area contributed by atoms with E-state index in [2.05, 4.69) is 25.8 Å². The zero-order valence-electron chi connectivity index (χ0n) is 16.6. The van der Waals surface area contributed by atoms with Crippen LogP contribution >= 0.6 is 0 Å². The Kier molecular flexibility index (Phi) is 4.90. The van der Waals surface area contributed by atoms with Gasteiger partial charge in [0.15, 0.2) is 5.82 Å². The Bertz CT molecular complexity index is 1240. The molecule has 0 saturated heterocycles. The number of carbonyl (C=O) groups excluding carboxylic acids is 1. The van der Waals surface area contributed by atoms with Gasteiger partial charge in [0, 0.05) is 37.3 Å². The van der Waals surface area contributed by atoms with Crippen LogP contribution in [0.3, 0.4) is 0 Å². The molecule has 0 fully saturated rings. The molecule has 0 radical (unpaired) electrons. The van der Waals surface area contributed by atoms with Crippen LogP contribution in [0.15, 0.2) is 36.5 Å². The van der Waals surface area contributed by atoms with E-state index in [4.69, 9.17) is 0 Å². The first-order chi connectivity index (χ1) is 14.4. The number of carbonyl (C=O) groups is 1. The Hall–Kier alpha value is -3.82. The zero-order chi connectivity index (χ0) is 21.4. The molecule has 154 valence electrons. The van der Waals surface area contributed by atoms with Crippen LogP contribution < -0.4 is 10.6 Å². The second-order valence-electron chi connectivity index (χ2n) is 6.72. The molecule has 30 heavy (non-hydrogen) atoms. The van der Waals surface area contributed by atoms with Gasteiger partial charge in [-0.15, -0.1) is 5.10 Å². The van der Waals surface area contributed by atoms with E-state index >= 15 is 0 Å². The summed E-state index contributed by atoms with van der Waals surface area (Å²) in [5, 5.41) is 14.9. The lowest BCUT2D eigenvalue weighted by Crippen LogP contribution is -2.23. The van der Waals surface area contributed by atoms with Crippen LogP contribution in [0.25, 0.3) is 22.3 Å². The van der Waals surface area contributed by atoms with Crippen molar-refractivity contribution in [2.45, 2.75) is 6.92 Å². The molecular formula is C20H19F2N7O. The molecule has 0 spiro atoms. The van der Waals surface area contributed by atoms with Crippen molar-refractivity contribution in [1.82, 2.24) is 29.9 Å². The van der Waals surface area contributed by atoms with Crippen LogP contribution in [0.1, 0.15) is 17.3 Å². The Morgan fingerprint density at radius 2 is 1.83 bits per heavy atom. The van der Waals surface area contributed by atoms with Crippen molar-refractivity contribution in [3.8, 4) is 11.4 Å². The summed E-state index contributed by atoms with van der Waals surface area (Å²) in [6.07, 6.45) is 1.74. The second kappa shape index (κ2) is 7.54. The van der Waals surface area contributed by atoms with Crippen molar-refractivity contribution in [2.24, 2.45) is 14.1 Å². The maximum absolute atomic E-state index is 14.6. The highest BCUT2D eigenvalue weighted by atomic mass is 19.1. The van der Waals surface area contributed by atoms with Crippen molar-refractivity contribution in [2.75, 3.05) is 11.9 Å². The number of rotatable bonds is 5. The van der Waals surface area contributed by atoms with E-state index in [1.54, 1.807) is 24.9 Å². The number of hydrogen-bond acceptors (Lipinski definition) is 5. The first-order valence-corrected chi connectivity index (χ1v) is 9.24. The second-order valence-corrected chi connectivity index (χ2v) is 6.72. The van der Waals surface area contributed by atoms with Crippen LogP contribution in [0.4, 0.5) is 20.4 Å². The molecule has 2 N–H and O–H groups in total. The molecule has 2 aromatic carbocycles. The number of hydrogen-bond donors (Lipinski definition) is 2. The third-order valence-corrected chi connectivity index (χ3v) is 4.63. The van der Waals surface area contributed by atoms with Gasteiger partial charge in [-0.1, -0.05) is 0 Å². The zero-order valence-corrected chi connectivity index (χ0v) is 16.6. The molecule has 10 heteroatoms. The fourth-order valence-corrected chi connectivity index (χ4v) is 3.15. The third kappa shape index (κ3) is 3.47. The smallest absolute Gasteiger partial charge is 0.251 e. The largest absolute Gasteiger partial charge is 0.352 e. The van der Waals surface area contributed by atoms with E-state index in [0.717, 1.165) is 28.7 Å². The van der Waals surface area contributed by atoms with Crippen molar-refractivity contribution in [3.05, 3.63) is 53.7 Å². The van der Waals surface area contributed by atoms with Crippen LogP contribution in [-0.4, -0.2) is 37.0 Å². The monoisotopic (exact) mass is 411 g/mol. The summed E-state index contributed by atoms with van der Waals surface area (Å²) < 4.78 is 32.4. The van der Waals surface area contributed by atoms with Gasteiger partial charge in [-0.25, -0.2) is 13.5 Å². The molecule has 0 aliphatic heterocycles. The summed E-state index contributed by atoms with van der Waals surface area (Å²) in [5.41, 5.74) is 1.20. The van der Waals surface area contributed by atoms with Gasteiger partial charge >= 0.3 is 0 Å². The molecule has 0 bridgehead atoms. The molecule has 2 aromatic heterocycles. The molecule has 0 unspecified atom stereocenters. The molecule has 0 aliphatic rings. The highest BCUT2D eigenvalue weighted by molar-refractivity contribution is 5.94. The average molecular weight is 411 g/mol. The van der Waals surface area contributed by atoms with E-state index in [-0.39, 0.29) is 11.4 Å². The Morgan fingerprint density at radius 1 is 1.10 bits per heavy atom. The molecule has 4 rings (SSSR count). The first-order valence-electron chi connectivity index (χ1n) is 9.24. The van der Waals surface area contributed by atoms with Gasteiger partial charge in [-0.2, -0.15) is 10.1 Å². The minimum atomic E-state index is -0.912. The predicted octanol–water partition coefficient (Wildman–Crippen LogP) is 3.14. The summed E-state index contributed by atoms with van der Waals surface area (Å²) in [6.45, 7) is 2.07. The summed E-state index contributed by atoms with van der Waals surface area (Å²) >= 11 is 0. The lowest BCUT2D eigenvalue weighted by Gasteiger charge is -2.06. The first kappa shape index (κ1) is 19.5. The normalized spacial score (nSPS) is 11.1. The maximum atomic E-state index is 14.6. The van der Waals surface area contributed by atoms with Gasteiger partial charge in [0.1, 0.15) is 11.6 Å². The lowest BCUT2D eigenvalue weighted by atomic mass is 10.1. The number of amides is 1. The van der Waals surface area contributed by atoms with E-state index in [1.807, 2.05) is 25.2 Å². The van der Waals surface area contributed by atoms with Gasteiger partial charge in [-0.05, 0) is 37.3 Å². The summed E-state index contributed by atoms with van der Waals surface area (Å²) in [6, 6.07) is 7.59. The van der Waals surface area contributed by atoms with Gasteiger partial charge < -0.3 is 10.6 Å². The van der Waals surface area contributed by atoms with E-state index in [1.165, 1.54) is 4.68 Å². The van der Waals surface area contributed by atoms with Crippen molar-refractivity contribution in [3.63, 3.8) is 0 Å². The third-order valence-electron chi connectivity index (χ3n) is 4.63. The SMILES string of the molecule is CCNC(=O)c1cc(F)c(-c2nc(Nc3ccc4c(cnn4C)c3)n(C)n2)c(F)c1. The van der Waals surface area contributed by atoms with Crippen molar-refractivity contribution in [1.29, 1.82) is 0 Å². The standard InChI is InChI=1S/C20H19F2N7O/c1-4-23-19(30)11-8-14(21)17(15(22)9-11)18-26-20(29(3)27-18)25-13-5-6-16-12(7-13)10-24-28(16)2/h5-10H,4H2,1-3H3,(H,23,30)(H,25,26,27). The quantitative estimate of drug-likeness (QED) is 0.527. The number of benzene rings is 2. The van der Waals surface area contributed by atoms with Gasteiger partial charge in [-0.3, -0.25) is 9.48 Å². The van der Waals surface area contributed by atoms with Crippen molar-refractivity contribution < 1.29 is 13.6 Å². The Balaban J connectivity index is 1.65. The lowest BCUT2D eigenvalue weighted by molar-refractivity contribution is 0.0955. The predicted molar refractivity (Wildman–Crippen MR) is 108 cm³/mol. The molecule has 0 atom stereocenters. The molecule has 2 heterocycles. The van der Waals surface area contributed by atoms with Gasteiger partial charge in [0.25, 0.3) is 5.91 Å². The molecule has 4 aromatic rings. The number of nitrogens with zero attached hydrogens (tertiary/aromatic N) is 5. The van der Waals surface area contributed by atoms with E-state index < -0.39 is 23.1 Å². The Morgan fingerprint density at radius 3 is 2.53 bits per heavy atom. The minimum Gasteiger partial charge on any atom is -0.352 e. The summed E-state index contributed by atoms with van der Waals surface area (Å²) in [4.78, 5) is 16.1. The van der Waals surface area contributed by atoms with Crippen LogP contribution in [0.2, 0.25) is 0 Å². The van der Waals surface area contributed by atoms with Gasteiger partial charge in [0.2, 0.25) is 5.95 Å². The molecule has 0 saturated carbocycles.